The lowest BCUT2D eigenvalue weighted by Gasteiger charge is -2.38. The number of halogens is 1. The Labute approximate surface area is 215 Å². The molecule has 0 amide bonds. The maximum Gasteiger partial charge on any atom is 0.234 e. The molecule has 0 spiro atoms. The van der Waals surface area contributed by atoms with E-state index < -0.39 is 0 Å². The number of methoxy groups -OCH3 is 1. The number of thiocarbonyl (C=S) groups is 1. The number of ether oxygens (including phenoxy) is 2. The lowest BCUT2D eigenvalue weighted by Crippen LogP contribution is -2.45. The van der Waals surface area contributed by atoms with E-state index in [4.69, 9.17) is 38.3 Å². The van der Waals surface area contributed by atoms with Crippen LogP contribution in [0.2, 0.25) is 5.02 Å². The van der Waals surface area contributed by atoms with Crippen LogP contribution < -0.4 is 20.3 Å². The third-order valence-electron chi connectivity index (χ3n) is 6.78. The highest BCUT2D eigenvalue weighted by molar-refractivity contribution is 7.80. The summed E-state index contributed by atoms with van der Waals surface area (Å²) in [6.45, 7) is 3.69. The van der Waals surface area contributed by atoms with Gasteiger partial charge in [0.25, 0.3) is 0 Å². The molecular formula is C26H28ClN5O2S. The molecule has 1 saturated heterocycles. The summed E-state index contributed by atoms with van der Waals surface area (Å²) < 4.78 is 11.1. The molecule has 9 heteroatoms. The zero-order valence-electron chi connectivity index (χ0n) is 19.6. The van der Waals surface area contributed by atoms with Crippen LogP contribution in [-0.2, 0) is 23.2 Å². The first-order valence-electron chi connectivity index (χ1n) is 11.7. The zero-order chi connectivity index (χ0) is 24.3. The van der Waals surface area contributed by atoms with E-state index in [1.54, 1.807) is 7.11 Å². The Balaban J connectivity index is 1.28. The quantitative estimate of drug-likeness (QED) is 0.464. The Kier molecular flexibility index (Phi) is 7.04. The number of hydrogen-bond donors (Lipinski definition) is 2. The number of nitrogens with zero attached hydrogens (tertiary/aromatic N) is 3. The average molecular weight is 510 g/mol. The highest BCUT2D eigenvalue weighted by atomic mass is 35.5. The topological polar surface area (TPSA) is 71.5 Å². The number of fused-ring (bicyclic) bond motifs is 1. The Bertz CT molecular complexity index is 1180. The van der Waals surface area contributed by atoms with Gasteiger partial charge in [-0.15, -0.1) is 0 Å². The fourth-order valence-corrected chi connectivity index (χ4v) is 5.05. The van der Waals surface area contributed by atoms with Crippen LogP contribution in [0, 0.1) is 0 Å². The van der Waals surface area contributed by atoms with Crippen LogP contribution in [0.1, 0.15) is 29.5 Å². The molecular weight excluding hydrogens is 482 g/mol. The average Bonchev–Trinajstić information content (AvgIpc) is 3.33. The summed E-state index contributed by atoms with van der Waals surface area (Å²) >= 11 is 11.8. The Morgan fingerprint density at radius 3 is 2.43 bits per heavy atom. The van der Waals surface area contributed by atoms with Gasteiger partial charge in [-0.2, -0.15) is 9.97 Å². The smallest absolute Gasteiger partial charge is 0.234 e. The van der Waals surface area contributed by atoms with Crippen molar-refractivity contribution in [3.63, 3.8) is 0 Å². The van der Waals surface area contributed by atoms with Crippen molar-refractivity contribution in [3.8, 4) is 5.88 Å². The molecule has 0 aliphatic carbocycles. The summed E-state index contributed by atoms with van der Waals surface area (Å²) in [5.74, 6) is 1.68. The highest BCUT2D eigenvalue weighted by Crippen LogP contribution is 2.35. The van der Waals surface area contributed by atoms with Crippen LogP contribution in [0.15, 0.2) is 54.6 Å². The number of rotatable bonds is 6. The van der Waals surface area contributed by atoms with Gasteiger partial charge in [0.1, 0.15) is 5.82 Å². The number of nitrogens with one attached hydrogen (secondary N) is 2. The van der Waals surface area contributed by atoms with Crippen molar-refractivity contribution in [2.75, 3.05) is 37.1 Å². The molecule has 1 aromatic heterocycles. The molecule has 0 saturated carbocycles. The van der Waals surface area contributed by atoms with E-state index in [-0.39, 0.29) is 5.41 Å². The minimum atomic E-state index is -0.0870. The normalized spacial score (nSPS) is 16.5. The molecule has 35 heavy (non-hydrogen) atoms. The first-order valence-corrected chi connectivity index (χ1v) is 12.5. The van der Waals surface area contributed by atoms with Crippen LogP contribution in [0.3, 0.4) is 0 Å². The monoisotopic (exact) mass is 509 g/mol. The second-order valence-electron chi connectivity index (χ2n) is 8.92. The molecule has 2 aliphatic rings. The Morgan fingerprint density at radius 1 is 1.09 bits per heavy atom. The molecule has 0 unspecified atom stereocenters. The molecule has 3 aromatic rings. The van der Waals surface area contributed by atoms with Crippen LogP contribution >= 0.6 is 23.8 Å². The van der Waals surface area contributed by atoms with Crippen LogP contribution in [0.25, 0.3) is 0 Å². The summed E-state index contributed by atoms with van der Waals surface area (Å²) in [6, 6.07) is 18.3. The Hall–Kier alpha value is -2.94. The molecule has 7 nitrogen and oxygen atoms in total. The third kappa shape index (κ3) is 5.34. The summed E-state index contributed by atoms with van der Waals surface area (Å²) in [7, 11) is 1.60. The largest absolute Gasteiger partial charge is 0.481 e. The predicted octanol–water partition coefficient (Wildman–Crippen LogP) is 4.69. The molecule has 0 radical (unpaired) electrons. The summed E-state index contributed by atoms with van der Waals surface area (Å²) in [6.07, 6.45) is 1.80. The van der Waals surface area contributed by atoms with E-state index in [1.165, 1.54) is 16.7 Å². The summed E-state index contributed by atoms with van der Waals surface area (Å²) in [5.41, 5.74) is 3.76. The molecule has 2 aliphatic heterocycles. The van der Waals surface area contributed by atoms with Crippen molar-refractivity contribution < 1.29 is 9.47 Å². The lowest BCUT2D eigenvalue weighted by molar-refractivity contribution is 0.0515. The van der Waals surface area contributed by atoms with E-state index in [9.17, 15) is 0 Å². The molecule has 182 valence electrons. The first kappa shape index (κ1) is 23.8. The van der Waals surface area contributed by atoms with E-state index in [0.717, 1.165) is 36.8 Å². The van der Waals surface area contributed by atoms with E-state index in [1.807, 2.05) is 18.2 Å². The molecule has 5 rings (SSSR count). The number of hydrogen-bond acceptors (Lipinski definition) is 6. The molecule has 0 bridgehead atoms. The maximum atomic E-state index is 6.13. The summed E-state index contributed by atoms with van der Waals surface area (Å²) in [5, 5.41) is 7.75. The Morgan fingerprint density at radius 2 is 1.77 bits per heavy atom. The molecule has 1 fully saturated rings. The molecule has 3 heterocycles. The van der Waals surface area contributed by atoms with Gasteiger partial charge in [-0.3, -0.25) is 0 Å². The SMILES string of the molecule is COc1cc(N2Cc3ccccc3C2)nc(NC(=S)NCC2(c3ccc(Cl)cc3)CCOCC2)n1. The highest BCUT2D eigenvalue weighted by Gasteiger charge is 2.34. The molecule has 2 N–H and O–H groups in total. The predicted molar refractivity (Wildman–Crippen MR) is 142 cm³/mol. The van der Waals surface area contributed by atoms with Crippen LogP contribution in [0.5, 0.6) is 5.88 Å². The van der Waals surface area contributed by atoms with Gasteiger partial charge >= 0.3 is 0 Å². The second-order valence-corrected chi connectivity index (χ2v) is 9.77. The van der Waals surface area contributed by atoms with Crippen molar-refractivity contribution in [1.29, 1.82) is 0 Å². The van der Waals surface area contributed by atoms with Crippen molar-refractivity contribution in [3.05, 3.63) is 76.3 Å². The van der Waals surface area contributed by atoms with Gasteiger partial charge in [0.05, 0.1) is 7.11 Å². The zero-order valence-corrected chi connectivity index (χ0v) is 21.2. The summed E-state index contributed by atoms with van der Waals surface area (Å²) in [4.78, 5) is 11.4. The second kappa shape index (κ2) is 10.4. The van der Waals surface area contributed by atoms with E-state index >= 15 is 0 Å². The number of anilines is 2. The van der Waals surface area contributed by atoms with Gasteiger partial charge < -0.3 is 25.0 Å². The molecule has 2 aromatic carbocycles. The minimum Gasteiger partial charge on any atom is -0.481 e. The fourth-order valence-electron chi connectivity index (χ4n) is 4.76. The van der Waals surface area contributed by atoms with Gasteiger partial charge in [0, 0.05) is 49.4 Å². The first-order chi connectivity index (χ1) is 17.0. The van der Waals surface area contributed by atoms with Gasteiger partial charge in [-0.05, 0) is 53.9 Å². The fraction of sp³-hybridized carbons (Fsp3) is 0.346. The van der Waals surface area contributed by atoms with Crippen molar-refractivity contribution >= 4 is 40.7 Å². The van der Waals surface area contributed by atoms with Crippen molar-refractivity contribution in [2.24, 2.45) is 0 Å². The minimum absolute atomic E-state index is 0.0870. The van der Waals surface area contributed by atoms with Gasteiger partial charge in [0.15, 0.2) is 5.11 Å². The standard InChI is InChI=1S/C26H28ClN5O2S/c1-33-23-14-22(32-15-18-4-2-3-5-19(18)16-32)29-24(30-23)31-25(35)28-17-26(10-12-34-13-11-26)20-6-8-21(27)9-7-20/h2-9,14H,10-13,15-17H2,1H3,(H2,28,29,30,31,35). The van der Waals surface area contributed by atoms with Gasteiger partial charge in [-0.1, -0.05) is 48.0 Å². The lowest BCUT2D eigenvalue weighted by atomic mass is 9.74. The van der Waals surface area contributed by atoms with Crippen molar-refractivity contribution in [2.45, 2.75) is 31.3 Å². The third-order valence-corrected chi connectivity index (χ3v) is 7.28. The van der Waals surface area contributed by atoms with E-state index in [2.05, 4.69) is 56.9 Å². The van der Waals surface area contributed by atoms with Crippen molar-refractivity contribution in [1.82, 2.24) is 15.3 Å². The van der Waals surface area contributed by atoms with Gasteiger partial charge in [0.2, 0.25) is 11.8 Å². The van der Waals surface area contributed by atoms with Crippen LogP contribution in [-0.4, -0.2) is 41.9 Å². The van der Waals surface area contributed by atoms with Crippen LogP contribution in [0.4, 0.5) is 11.8 Å². The maximum absolute atomic E-state index is 6.13. The van der Waals surface area contributed by atoms with Gasteiger partial charge in [-0.25, -0.2) is 0 Å². The number of benzene rings is 2. The van der Waals surface area contributed by atoms with E-state index in [0.29, 0.717) is 36.7 Å². The molecule has 0 atom stereocenters. The number of aromatic nitrogens is 2.